The average molecular weight is 268 g/mol. The van der Waals surface area contributed by atoms with Crippen LogP contribution in [0.25, 0.3) is 0 Å². The monoisotopic (exact) mass is 267 g/mol. The molecule has 0 bridgehead atoms. The molecule has 0 spiro atoms. The lowest BCUT2D eigenvalue weighted by atomic mass is 10.3. The van der Waals surface area contributed by atoms with Crippen LogP contribution in [0.1, 0.15) is 17.7 Å². The molecule has 1 fully saturated rings. The summed E-state index contributed by atoms with van der Waals surface area (Å²) in [6, 6.07) is -0.0665. The van der Waals surface area contributed by atoms with Gasteiger partial charge in [-0.3, -0.25) is 4.90 Å². The van der Waals surface area contributed by atoms with Crippen LogP contribution < -0.4 is 10.2 Å². The summed E-state index contributed by atoms with van der Waals surface area (Å²) >= 11 is 6.14. The largest absolute Gasteiger partial charge is 0.327 e. The fourth-order valence-corrected chi connectivity index (χ4v) is 2.54. The molecule has 3 heterocycles. The lowest BCUT2D eigenvalue weighted by Gasteiger charge is -2.31. The molecule has 1 aromatic heterocycles. The molecule has 18 heavy (non-hydrogen) atoms. The first-order chi connectivity index (χ1) is 8.66. The molecule has 1 aromatic rings. The molecule has 2 amide bonds. The highest BCUT2D eigenvalue weighted by atomic mass is 35.5. The number of halogens is 1. The van der Waals surface area contributed by atoms with E-state index in [2.05, 4.69) is 15.3 Å². The molecule has 0 radical (unpaired) electrons. The van der Waals surface area contributed by atoms with Crippen LogP contribution in [0.15, 0.2) is 0 Å². The molecule has 6 nitrogen and oxygen atoms in total. The number of carbonyl (C=O) groups excluding carboxylic acids is 1. The van der Waals surface area contributed by atoms with Gasteiger partial charge in [0.15, 0.2) is 0 Å². The van der Waals surface area contributed by atoms with Crippen molar-refractivity contribution in [2.75, 3.05) is 25.0 Å². The second-order valence-electron chi connectivity index (χ2n) is 4.55. The van der Waals surface area contributed by atoms with E-state index in [0.717, 1.165) is 24.2 Å². The summed E-state index contributed by atoms with van der Waals surface area (Å²) in [6.07, 6.45) is 0.915. The Kier molecular flexibility index (Phi) is 2.83. The Morgan fingerprint density at radius 3 is 2.94 bits per heavy atom. The highest BCUT2D eigenvalue weighted by Gasteiger charge is 2.28. The van der Waals surface area contributed by atoms with Crippen LogP contribution >= 0.6 is 11.6 Å². The lowest BCUT2D eigenvalue weighted by molar-refractivity contribution is 0.207. The normalized spacial score (nSPS) is 19.3. The van der Waals surface area contributed by atoms with Crippen molar-refractivity contribution in [3.05, 3.63) is 16.4 Å². The van der Waals surface area contributed by atoms with Crippen LogP contribution in [-0.4, -0.2) is 41.0 Å². The fraction of sp³-hybridized carbons (Fsp3) is 0.545. The fourth-order valence-electron chi connectivity index (χ4n) is 2.28. The van der Waals surface area contributed by atoms with Crippen LogP contribution in [0.4, 0.5) is 10.7 Å². The summed E-state index contributed by atoms with van der Waals surface area (Å²) in [5.41, 5.74) is 1.84. The van der Waals surface area contributed by atoms with Gasteiger partial charge in [0.1, 0.15) is 5.15 Å². The minimum absolute atomic E-state index is 0.0665. The zero-order valence-electron chi connectivity index (χ0n) is 10.1. The first-order valence-corrected chi connectivity index (χ1v) is 6.33. The van der Waals surface area contributed by atoms with Gasteiger partial charge in [-0.1, -0.05) is 11.6 Å². The highest BCUT2D eigenvalue weighted by Crippen LogP contribution is 2.25. The maximum atomic E-state index is 12.1. The van der Waals surface area contributed by atoms with E-state index >= 15 is 0 Å². The van der Waals surface area contributed by atoms with Gasteiger partial charge in [0.05, 0.1) is 5.69 Å². The topological polar surface area (TPSA) is 61.4 Å². The Labute approximate surface area is 110 Å². The van der Waals surface area contributed by atoms with E-state index in [1.54, 1.807) is 16.8 Å². The SMILES string of the molecule is CN1CCCN(c2nc(Cl)c3c(n2)CNC3)C1=O. The number of rotatable bonds is 1. The highest BCUT2D eigenvalue weighted by molar-refractivity contribution is 6.30. The third kappa shape index (κ3) is 1.81. The zero-order valence-corrected chi connectivity index (χ0v) is 10.9. The van der Waals surface area contributed by atoms with Crippen LogP contribution in [0.3, 0.4) is 0 Å². The molecule has 7 heteroatoms. The first kappa shape index (κ1) is 11.7. The molecule has 2 aliphatic heterocycles. The number of aromatic nitrogens is 2. The van der Waals surface area contributed by atoms with Crippen molar-refractivity contribution in [3.63, 3.8) is 0 Å². The van der Waals surface area contributed by atoms with Gasteiger partial charge in [-0.25, -0.2) is 14.8 Å². The van der Waals surface area contributed by atoms with E-state index in [0.29, 0.717) is 30.7 Å². The van der Waals surface area contributed by atoms with Crippen molar-refractivity contribution in [2.45, 2.75) is 19.5 Å². The molecule has 3 rings (SSSR count). The summed E-state index contributed by atoms with van der Waals surface area (Å²) < 4.78 is 0. The quantitative estimate of drug-likeness (QED) is 0.771. The molecule has 0 aromatic carbocycles. The molecule has 0 aliphatic carbocycles. The predicted molar refractivity (Wildman–Crippen MR) is 67.6 cm³/mol. The molecule has 0 unspecified atom stereocenters. The number of nitrogens with one attached hydrogen (secondary N) is 1. The maximum Gasteiger partial charge on any atom is 0.326 e. The predicted octanol–water partition coefficient (Wildman–Crippen LogP) is 0.995. The summed E-state index contributed by atoms with van der Waals surface area (Å²) in [6.45, 7) is 2.80. The second kappa shape index (κ2) is 4.37. The van der Waals surface area contributed by atoms with Crippen molar-refractivity contribution in [2.24, 2.45) is 0 Å². The Bertz CT molecular complexity index is 506. The number of hydrogen-bond acceptors (Lipinski definition) is 4. The Balaban J connectivity index is 1.97. The van der Waals surface area contributed by atoms with Crippen LogP contribution in [0, 0.1) is 0 Å². The minimum atomic E-state index is -0.0665. The van der Waals surface area contributed by atoms with Gasteiger partial charge in [0.2, 0.25) is 5.95 Å². The number of fused-ring (bicyclic) bond motifs is 1. The third-order valence-electron chi connectivity index (χ3n) is 3.30. The van der Waals surface area contributed by atoms with Gasteiger partial charge in [0, 0.05) is 38.8 Å². The Hall–Kier alpha value is -1.40. The van der Waals surface area contributed by atoms with E-state index < -0.39 is 0 Å². The number of carbonyl (C=O) groups is 1. The molecular formula is C11H14ClN5O. The molecular weight excluding hydrogens is 254 g/mol. The summed E-state index contributed by atoms with van der Waals surface area (Å²) in [4.78, 5) is 24.0. The van der Waals surface area contributed by atoms with E-state index in [1.165, 1.54) is 0 Å². The number of urea groups is 1. The molecule has 0 saturated carbocycles. The molecule has 96 valence electrons. The summed E-state index contributed by atoms with van der Waals surface area (Å²) in [7, 11) is 1.78. The number of nitrogens with zero attached hydrogens (tertiary/aromatic N) is 4. The van der Waals surface area contributed by atoms with Gasteiger partial charge in [-0.2, -0.15) is 0 Å². The van der Waals surface area contributed by atoms with Crippen LogP contribution in [0.5, 0.6) is 0 Å². The third-order valence-corrected chi connectivity index (χ3v) is 3.61. The molecule has 0 atom stereocenters. The number of amides is 2. The van der Waals surface area contributed by atoms with E-state index in [1.807, 2.05) is 0 Å². The van der Waals surface area contributed by atoms with Gasteiger partial charge in [-0.15, -0.1) is 0 Å². The average Bonchev–Trinajstić information content (AvgIpc) is 2.81. The Morgan fingerprint density at radius 1 is 1.28 bits per heavy atom. The summed E-state index contributed by atoms with van der Waals surface area (Å²) in [5, 5.41) is 3.62. The van der Waals surface area contributed by atoms with E-state index in [9.17, 15) is 4.79 Å². The van der Waals surface area contributed by atoms with Gasteiger partial charge in [0.25, 0.3) is 0 Å². The molecule has 2 aliphatic rings. The van der Waals surface area contributed by atoms with Gasteiger partial charge in [-0.05, 0) is 6.42 Å². The molecule has 1 N–H and O–H groups in total. The number of hydrogen-bond donors (Lipinski definition) is 1. The number of anilines is 1. The lowest BCUT2D eigenvalue weighted by Crippen LogP contribution is -2.48. The van der Waals surface area contributed by atoms with Crippen LogP contribution in [0.2, 0.25) is 5.15 Å². The van der Waals surface area contributed by atoms with Crippen molar-refractivity contribution in [3.8, 4) is 0 Å². The Morgan fingerprint density at radius 2 is 2.11 bits per heavy atom. The van der Waals surface area contributed by atoms with Crippen molar-refractivity contribution < 1.29 is 4.79 Å². The van der Waals surface area contributed by atoms with Crippen LogP contribution in [-0.2, 0) is 13.1 Å². The van der Waals surface area contributed by atoms with Crippen molar-refractivity contribution in [1.29, 1.82) is 0 Å². The van der Waals surface area contributed by atoms with Crippen molar-refractivity contribution in [1.82, 2.24) is 20.2 Å². The zero-order chi connectivity index (χ0) is 12.7. The standard InChI is InChI=1S/C11H14ClN5O/c1-16-3-2-4-17(11(16)18)10-14-8-6-13-5-7(8)9(12)15-10/h13H,2-6H2,1H3. The maximum absolute atomic E-state index is 12.1. The minimum Gasteiger partial charge on any atom is -0.327 e. The molecule has 1 saturated heterocycles. The first-order valence-electron chi connectivity index (χ1n) is 5.95. The second-order valence-corrected chi connectivity index (χ2v) is 4.91. The van der Waals surface area contributed by atoms with Gasteiger partial charge >= 0.3 is 6.03 Å². The summed E-state index contributed by atoms with van der Waals surface area (Å²) in [5.74, 6) is 0.416. The smallest absolute Gasteiger partial charge is 0.326 e. The van der Waals surface area contributed by atoms with E-state index in [4.69, 9.17) is 11.6 Å². The van der Waals surface area contributed by atoms with E-state index in [-0.39, 0.29) is 6.03 Å². The van der Waals surface area contributed by atoms with Crippen molar-refractivity contribution >= 4 is 23.6 Å². The van der Waals surface area contributed by atoms with Gasteiger partial charge < -0.3 is 10.2 Å².